The molecule has 0 radical (unpaired) electrons. The van der Waals surface area contributed by atoms with E-state index in [4.69, 9.17) is 5.73 Å². The second-order valence-electron chi connectivity index (χ2n) is 4.41. The fourth-order valence-electron chi connectivity index (χ4n) is 1.57. The van der Waals surface area contributed by atoms with Gasteiger partial charge in [0.05, 0.1) is 5.75 Å². The third kappa shape index (κ3) is 3.80. The molecule has 1 saturated carbocycles. The highest BCUT2D eigenvalue weighted by Gasteiger charge is 2.23. The van der Waals surface area contributed by atoms with Crippen LogP contribution in [0, 0.1) is 5.82 Å². The first kappa shape index (κ1) is 13.0. The van der Waals surface area contributed by atoms with Gasteiger partial charge in [0, 0.05) is 22.5 Å². The molecule has 1 amide bonds. The van der Waals surface area contributed by atoms with Crippen molar-refractivity contribution < 1.29 is 13.4 Å². The summed E-state index contributed by atoms with van der Waals surface area (Å²) in [7, 11) is -1.37. The predicted octanol–water partition coefficient (Wildman–Crippen LogP) is 0.935. The van der Waals surface area contributed by atoms with Crippen molar-refractivity contribution in [2.24, 2.45) is 0 Å². The highest BCUT2D eigenvalue weighted by Crippen LogP contribution is 2.19. The molecular formula is C12H15FN2O2S. The van der Waals surface area contributed by atoms with Gasteiger partial charge in [0.1, 0.15) is 11.6 Å². The van der Waals surface area contributed by atoms with Crippen molar-refractivity contribution >= 4 is 22.4 Å². The Bertz CT molecular complexity index is 489. The summed E-state index contributed by atoms with van der Waals surface area (Å²) in [6.07, 6.45) is 1.99. The second-order valence-corrected chi connectivity index (χ2v) is 5.87. The number of nitrogen functional groups attached to an aromatic ring is 1. The summed E-state index contributed by atoms with van der Waals surface area (Å²) in [6.45, 7) is 0. The number of hydrogen-bond acceptors (Lipinski definition) is 3. The zero-order valence-electron chi connectivity index (χ0n) is 9.82. The number of carbonyl (C=O) groups is 1. The lowest BCUT2D eigenvalue weighted by Crippen LogP contribution is -2.30. The zero-order valence-corrected chi connectivity index (χ0v) is 10.6. The molecule has 1 aliphatic rings. The van der Waals surface area contributed by atoms with E-state index in [9.17, 15) is 13.4 Å². The Morgan fingerprint density at radius 3 is 2.89 bits per heavy atom. The number of benzene rings is 1. The molecule has 1 unspecified atom stereocenters. The average Bonchev–Trinajstić information content (AvgIpc) is 3.07. The molecule has 98 valence electrons. The average molecular weight is 270 g/mol. The van der Waals surface area contributed by atoms with Gasteiger partial charge in [0.2, 0.25) is 5.91 Å². The van der Waals surface area contributed by atoms with E-state index in [-0.39, 0.29) is 23.5 Å². The second kappa shape index (κ2) is 5.48. The van der Waals surface area contributed by atoms with Crippen molar-refractivity contribution in [2.75, 3.05) is 11.5 Å². The molecule has 1 atom stereocenters. The minimum absolute atomic E-state index is 0.0630. The van der Waals surface area contributed by atoms with E-state index >= 15 is 0 Å². The third-order valence-electron chi connectivity index (χ3n) is 2.66. The normalized spacial score (nSPS) is 16.3. The maximum Gasteiger partial charge on any atom is 0.232 e. The van der Waals surface area contributed by atoms with E-state index in [0.29, 0.717) is 11.3 Å². The predicted molar refractivity (Wildman–Crippen MR) is 68.7 cm³/mol. The Kier molecular flexibility index (Phi) is 3.96. The molecule has 1 fully saturated rings. The van der Waals surface area contributed by atoms with Crippen LogP contribution in [0.1, 0.15) is 18.4 Å². The van der Waals surface area contributed by atoms with Crippen molar-refractivity contribution in [3.63, 3.8) is 0 Å². The number of carbonyl (C=O) groups excluding carboxylic acids is 1. The maximum absolute atomic E-state index is 13.0. The van der Waals surface area contributed by atoms with E-state index in [1.54, 1.807) is 0 Å². The molecule has 1 aromatic rings. The highest BCUT2D eigenvalue weighted by atomic mass is 32.2. The lowest BCUT2D eigenvalue weighted by atomic mass is 10.2. The molecule has 0 heterocycles. The van der Waals surface area contributed by atoms with Crippen LogP contribution in [-0.2, 0) is 21.3 Å². The summed E-state index contributed by atoms with van der Waals surface area (Å²) in [5.41, 5.74) is 6.53. The van der Waals surface area contributed by atoms with Crippen molar-refractivity contribution in [1.82, 2.24) is 5.32 Å². The molecule has 1 aromatic carbocycles. The monoisotopic (exact) mass is 270 g/mol. The molecule has 0 aromatic heterocycles. The van der Waals surface area contributed by atoms with E-state index in [1.807, 2.05) is 0 Å². The van der Waals surface area contributed by atoms with Crippen LogP contribution in [0.3, 0.4) is 0 Å². The standard InChI is InChI=1S/C12H15FN2O2S/c13-9-1-4-11(14)8(5-9)6-18(17)7-12(16)15-10-2-3-10/h1,4-5,10H,2-3,6-7,14H2,(H,15,16). The quantitative estimate of drug-likeness (QED) is 0.782. The number of amides is 1. The zero-order chi connectivity index (χ0) is 13.1. The molecule has 1 aliphatic carbocycles. The van der Waals surface area contributed by atoms with Gasteiger partial charge in [-0.25, -0.2) is 4.39 Å². The number of hydrogen-bond donors (Lipinski definition) is 2. The van der Waals surface area contributed by atoms with Gasteiger partial charge in [-0.3, -0.25) is 9.00 Å². The van der Waals surface area contributed by atoms with E-state index in [1.165, 1.54) is 18.2 Å². The van der Waals surface area contributed by atoms with Gasteiger partial charge in [-0.05, 0) is 36.6 Å². The Labute approximate surface area is 107 Å². The van der Waals surface area contributed by atoms with Crippen LogP contribution < -0.4 is 11.1 Å². The molecule has 4 nitrogen and oxygen atoms in total. The first-order valence-corrected chi connectivity index (χ1v) is 7.21. The first-order chi connectivity index (χ1) is 8.54. The summed E-state index contributed by atoms with van der Waals surface area (Å²) < 4.78 is 24.8. The van der Waals surface area contributed by atoms with Gasteiger partial charge >= 0.3 is 0 Å². The fraction of sp³-hybridized carbons (Fsp3) is 0.417. The molecular weight excluding hydrogens is 255 g/mol. The van der Waals surface area contributed by atoms with Gasteiger partial charge < -0.3 is 11.1 Å². The van der Waals surface area contributed by atoms with Crippen LogP contribution in [0.2, 0.25) is 0 Å². The Balaban J connectivity index is 1.89. The summed E-state index contributed by atoms with van der Waals surface area (Å²) in [5, 5.41) is 2.76. The SMILES string of the molecule is Nc1ccc(F)cc1CS(=O)CC(=O)NC1CC1. The Hall–Kier alpha value is -1.43. The molecule has 18 heavy (non-hydrogen) atoms. The van der Waals surface area contributed by atoms with Gasteiger partial charge in [0.15, 0.2) is 0 Å². The smallest absolute Gasteiger partial charge is 0.232 e. The van der Waals surface area contributed by atoms with Crippen LogP contribution in [-0.4, -0.2) is 21.9 Å². The molecule has 2 rings (SSSR count). The number of nitrogens with one attached hydrogen (secondary N) is 1. The van der Waals surface area contributed by atoms with Gasteiger partial charge in [-0.2, -0.15) is 0 Å². The van der Waals surface area contributed by atoms with Gasteiger partial charge in [-0.1, -0.05) is 0 Å². The largest absolute Gasteiger partial charge is 0.398 e. The summed E-state index contributed by atoms with van der Waals surface area (Å²) in [5.74, 6) is -0.599. The van der Waals surface area contributed by atoms with Gasteiger partial charge in [-0.15, -0.1) is 0 Å². The van der Waals surface area contributed by atoms with E-state index in [0.717, 1.165) is 12.8 Å². The maximum atomic E-state index is 13.0. The highest BCUT2D eigenvalue weighted by molar-refractivity contribution is 7.84. The molecule has 3 N–H and O–H groups in total. The van der Waals surface area contributed by atoms with E-state index in [2.05, 4.69) is 5.32 Å². The van der Waals surface area contributed by atoms with Crippen molar-refractivity contribution in [1.29, 1.82) is 0 Å². The van der Waals surface area contributed by atoms with Crippen LogP contribution in [0.25, 0.3) is 0 Å². The van der Waals surface area contributed by atoms with Gasteiger partial charge in [0.25, 0.3) is 0 Å². The fourth-order valence-corrected chi connectivity index (χ4v) is 2.64. The first-order valence-electron chi connectivity index (χ1n) is 5.73. The van der Waals surface area contributed by atoms with Crippen molar-refractivity contribution in [3.05, 3.63) is 29.6 Å². The number of rotatable bonds is 5. The lowest BCUT2D eigenvalue weighted by molar-refractivity contribution is -0.118. The Morgan fingerprint density at radius 1 is 1.50 bits per heavy atom. The minimum Gasteiger partial charge on any atom is -0.398 e. The number of anilines is 1. The van der Waals surface area contributed by atoms with Crippen LogP contribution in [0.5, 0.6) is 0 Å². The van der Waals surface area contributed by atoms with E-state index < -0.39 is 16.6 Å². The molecule has 0 saturated heterocycles. The van der Waals surface area contributed by atoms with Crippen molar-refractivity contribution in [3.8, 4) is 0 Å². The third-order valence-corrected chi connectivity index (χ3v) is 3.87. The van der Waals surface area contributed by atoms with Crippen LogP contribution >= 0.6 is 0 Å². The van der Waals surface area contributed by atoms with Crippen LogP contribution in [0.15, 0.2) is 18.2 Å². The molecule has 0 bridgehead atoms. The van der Waals surface area contributed by atoms with Crippen molar-refractivity contribution in [2.45, 2.75) is 24.6 Å². The number of nitrogens with two attached hydrogens (primary N) is 1. The molecule has 0 spiro atoms. The minimum atomic E-state index is -1.37. The molecule has 6 heteroatoms. The lowest BCUT2D eigenvalue weighted by Gasteiger charge is -2.06. The summed E-state index contributed by atoms with van der Waals surface area (Å²) in [4.78, 5) is 11.4. The topological polar surface area (TPSA) is 72.2 Å². The number of halogens is 1. The van der Waals surface area contributed by atoms with Crippen LogP contribution in [0.4, 0.5) is 10.1 Å². The Morgan fingerprint density at radius 2 is 2.22 bits per heavy atom. The molecule has 0 aliphatic heterocycles. The summed E-state index contributed by atoms with van der Waals surface area (Å²) in [6, 6.07) is 4.20. The summed E-state index contributed by atoms with van der Waals surface area (Å²) >= 11 is 0.